The smallest absolute Gasteiger partial charge is 0.317 e. The third kappa shape index (κ3) is 5.28. The summed E-state index contributed by atoms with van der Waals surface area (Å²) in [5.41, 5.74) is 0.895. The Morgan fingerprint density at radius 3 is 2.57 bits per heavy atom. The lowest BCUT2D eigenvalue weighted by Gasteiger charge is -2.21. The highest BCUT2D eigenvalue weighted by atomic mass is 16.5. The number of nitrogens with zero attached hydrogens (tertiary/aromatic N) is 1. The van der Waals surface area contributed by atoms with Crippen LogP contribution in [0.4, 0.5) is 4.79 Å². The van der Waals surface area contributed by atoms with Crippen LogP contribution in [0.25, 0.3) is 0 Å². The number of methoxy groups -OCH3 is 3. The number of likely N-dealkylation sites (tertiary alicyclic amines) is 1. The van der Waals surface area contributed by atoms with E-state index in [0.717, 1.165) is 12.0 Å². The van der Waals surface area contributed by atoms with E-state index in [9.17, 15) is 9.59 Å². The topological polar surface area (TPSA) is 89.1 Å². The molecule has 1 heterocycles. The van der Waals surface area contributed by atoms with Gasteiger partial charge in [0.25, 0.3) is 0 Å². The van der Waals surface area contributed by atoms with Crippen LogP contribution < -0.4 is 20.1 Å². The molecule has 0 aliphatic carbocycles. The largest absolute Gasteiger partial charge is 0.497 e. The second kappa shape index (κ2) is 10.8. The summed E-state index contributed by atoms with van der Waals surface area (Å²) in [7, 11) is 4.82. The Labute approximate surface area is 166 Å². The average molecular weight is 393 g/mol. The molecule has 0 aromatic heterocycles. The van der Waals surface area contributed by atoms with E-state index in [-0.39, 0.29) is 23.8 Å². The monoisotopic (exact) mass is 393 g/mol. The number of nitrogens with one attached hydrogen (secondary N) is 2. The summed E-state index contributed by atoms with van der Waals surface area (Å²) in [6, 6.07) is 5.40. The van der Waals surface area contributed by atoms with Gasteiger partial charge in [-0.3, -0.25) is 4.79 Å². The molecule has 2 N–H and O–H groups in total. The summed E-state index contributed by atoms with van der Waals surface area (Å²) in [5, 5.41) is 5.78. The van der Waals surface area contributed by atoms with E-state index in [4.69, 9.17) is 14.2 Å². The van der Waals surface area contributed by atoms with Gasteiger partial charge in [-0.05, 0) is 19.4 Å². The summed E-state index contributed by atoms with van der Waals surface area (Å²) in [6.45, 7) is 4.35. The van der Waals surface area contributed by atoms with Crippen LogP contribution in [0, 0.1) is 5.92 Å². The molecule has 0 saturated carbocycles. The first-order chi connectivity index (χ1) is 13.5. The third-order valence-corrected chi connectivity index (χ3v) is 4.94. The van der Waals surface area contributed by atoms with Crippen LogP contribution in [0.3, 0.4) is 0 Å². The Hall–Kier alpha value is -2.48. The fourth-order valence-corrected chi connectivity index (χ4v) is 3.50. The van der Waals surface area contributed by atoms with Gasteiger partial charge in [-0.25, -0.2) is 4.79 Å². The minimum atomic E-state index is -0.354. The van der Waals surface area contributed by atoms with E-state index in [1.165, 1.54) is 0 Å². The van der Waals surface area contributed by atoms with E-state index in [2.05, 4.69) is 10.6 Å². The number of benzene rings is 1. The average Bonchev–Trinajstić information content (AvgIpc) is 3.16. The van der Waals surface area contributed by atoms with Crippen molar-refractivity contribution in [1.29, 1.82) is 0 Å². The van der Waals surface area contributed by atoms with Crippen LogP contribution >= 0.6 is 0 Å². The molecule has 1 aromatic rings. The predicted molar refractivity (Wildman–Crippen MR) is 106 cm³/mol. The minimum absolute atomic E-state index is 0.0641. The number of hydrogen-bond acceptors (Lipinski definition) is 5. The van der Waals surface area contributed by atoms with Crippen molar-refractivity contribution in [2.24, 2.45) is 5.92 Å². The molecule has 2 unspecified atom stereocenters. The number of carbonyl (C=O) groups is 2. The van der Waals surface area contributed by atoms with Gasteiger partial charge in [0.15, 0.2) is 0 Å². The predicted octanol–water partition coefficient (Wildman–Crippen LogP) is 1.60. The Balaban J connectivity index is 2.24. The van der Waals surface area contributed by atoms with Gasteiger partial charge in [0.05, 0.1) is 20.1 Å². The fraction of sp³-hybridized carbons (Fsp3) is 0.600. The Bertz CT molecular complexity index is 667. The summed E-state index contributed by atoms with van der Waals surface area (Å²) in [6.07, 6.45) is 0.742. The van der Waals surface area contributed by atoms with E-state index in [0.29, 0.717) is 44.3 Å². The second-order valence-electron chi connectivity index (χ2n) is 6.70. The van der Waals surface area contributed by atoms with Crippen LogP contribution in [0.2, 0.25) is 0 Å². The molecule has 2 atom stereocenters. The zero-order valence-electron chi connectivity index (χ0n) is 17.1. The molecule has 0 spiro atoms. The van der Waals surface area contributed by atoms with E-state index in [1.54, 1.807) is 32.3 Å². The molecular formula is C20H31N3O5. The number of ether oxygens (including phenoxy) is 3. The van der Waals surface area contributed by atoms with Gasteiger partial charge in [-0.15, -0.1) is 0 Å². The van der Waals surface area contributed by atoms with E-state index in [1.807, 2.05) is 19.1 Å². The number of rotatable bonds is 9. The Morgan fingerprint density at radius 2 is 1.93 bits per heavy atom. The molecule has 1 aromatic carbocycles. The highest BCUT2D eigenvalue weighted by molar-refractivity contribution is 5.83. The van der Waals surface area contributed by atoms with Crippen molar-refractivity contribution < 1.29 is 23.8 Å². The first kappa shape index (κ1) is 21.8. The van der Waals surface area contributed by atoms with Gasteiger partial charge in [-0.1, -0.05) is 6.07 Å². The molecule has 2 rings (SSSR count). The molecule has 3 amide bonds. The van der Waals surface area contributed by atoms with Crippen LogP contribution in [-0.2, 0) is 9.53 Å². The van der Waals surface area contributed by atoms with Crippen molar-refractivity contribution in [3.63, 3.8) is 0 Å². The molecular weight excluding hydrogens is 362 g/mol. The molecule has 1 fully saturated rings. The van der Waals surface area contributed by atoms with Gasteiger partial charge >= 0.3 is 6.03 Å². The maximum absolute atomic E-state index is 12.9. The lowest BCUT2D eigenvalue weighted by Crippen LogP contribution is -2.40. The van der Waals surface area contributed by atoms with Crippen LogP contribution in [0.1, 0.15) is 24.8 Å². The van der Waals surface area contributed by atoms with Crippen molar-refractivity contribution in [3.05, 3.63) is 23.8 Å². The van der Waals surface area contributed by atoms with Crippen LogP contribution in [0.5, 0.6) is 11.5 Å². The van der Waals surface area contributed by atoms with Gasteiger partial charge in [0.2, 0.25) is 5.91 Å². The summed E-state index contributed by atoms with van der Waals surface area (Å²) >= 11 is 0. The van der Waals surface area contributed by atoms with Crippen molar-refractivity contribution in [2.75, 3.05) is 54.1 Å². The zero-order valence-corrected chi connectivity index (χ0v) is 17.1. The normalized spacial score (nSPS) is 18.6. The fourth-order valence-electron chi connectivity index (χ4n) is 3.50. The molecule has 0 bridgehead atoms. The zero-order chi connectivity index (χ0) is 20.5. The second-order valence-corrected chi connectivity index (χ2v) is 6.70. The lowest BCUT2D eigenvalue weighted by atomic mass is 9.87. The number of carbonyl (C=O) groups excluding carboxylic acids is 2. The van der Waals surface area contributed by atoms with Crippen molar-refractivity contribution in [1.82, 2.24) is 15.5 Å². The van der Waals surface area contributed by atoms with Crippen LogP contribution in [-0.4, -0.2) is 71.0 Å². The standard InChI is InChI=1S/C20H31N3O5/c1-5-21-20(25)23-12-16(15-8-7-14(27-3)11-18(15)28-4)17(13-23)19(24)22-9-6-10-26-2/h7-8,11,16-17H,5-6,9-10,12-13H2,1-4H3,(H,21,25)(H,22,24). The highest BCUT2D eigenvalue weighted by Crippen LogP contribution is 2.39. The van der Waals surface area contributed by atoms with E-state index < -0.39 is 0 Å². The van der Waals surface area contributed by atoms with Crippen LogP contribution in [0.15, 0.2) is 18.2 Å². The molecule has 28 heavy (non-hydrogen) atoms. The summed E-state index contributed by atoms with van der Waals surface area (Å²) in [4.78, 5) is 26.9. The first-order valence-corrected chi connectivity index (χ1v) is 9.57. The first-order valence-electron chi connectivity index (χ1n) is 9.57. The van der Waals surface area contributed by atoms with Crippen molar-refractivity contribution in [3.8, 4) is 11.5 Å². The maximum atomic E-state index is 12.9. The molecule has 1 aliphatic heterocycles. The molecule has 8 heteroatoms. The van der Waals surface area contributed by atoms with Gasteiger partial charge in [-0.2, -0.15) is 0 Å². The number of urea groups is 1. The number of hydrogen-bond donors (Lipinski definition) is 2. The molecule has 1 aliphatic rings. The van der Waals surface area contributed by atoms with Crippen molar-refractivity contribution in [2.45, 2.75) is 19.3 Å². The molecule has 0 radical (unpaired) electrons. The molecule has 1 saturated heterocycles. The number of amides is 3. The van der Waals surface area contributed by atoms with Gasteiger partial charge < -0.3 is 29.7 Å². The highest BCUT2D eigenvalue weighted by Gasteiger charge is 2.41. The minimum Gasteiger partial charge on any atom is -0.497 e. The molecule has 8 nitrogen and oxygen atoms in total. The Kier molecular flexibility index (Phi) is 8.38. The summed E-state index contributed by atoms with van der Waals surface area (Å²) < 4.78 is 15.8. The van der Waals surface area contributed by atoms with Crippen molar-refractivity contribution >= 4 is 11.9 Å². The maximum Gasteiger partial charge on any atom is 0.317 e. The Morgan fingerprint density at radius 1 is 1.14 bits per heavy atom. The van der Waals surface area contributed by atoms with E-state index >= 15 is 0 Å². The lowest BCUT2D eigenvalue weighted by molar-refractivity contribution is -0.124. The third-order valence-electron chi connectivity index (χ3n) is 4.94. The summed E-state index contributed by atoms with van der Waals surface area (Å²) in [5.74, 6) is 0.753. The SMILES string of the molecule is CCNC(=O)N1CC(C(=O)NCCCOC)C(c2ccc(OC)cc2OC)C1. The quantitative estimate of drug-likeness (QED) is 0.622. The van der Waals surface area contributed by atoms with Gasteiger partial charge in [0, 0.05) is 57.4 Å². The molecule has 156 valence electrons. The van der Waals surface area contributed by atoms with Gasteiger partial charge in [0.1, 0.15) is 11.5 Å².